The highest BCUT2D eigenvalue weighted by molar-refractivity contribution is 8.15. The van der Waals surface area contributed by atoms with Gasteiger partial charge in [-0.1, -0.05) is 41.9 Å². The number of allylic oxidation sites excluding steroid dienone is 1. The van der Waals surface area contributed by atoms with Gasteiger partial charge in [0.2, 0.25) is 0 Å². The summed E-state index contributed by atoms with van der Waals surface area (Å²) < 4.78 is 0. The summed E-state index contributed by atoms with van der Waals surface area (Å²) >= 11 is 1.91. The van der Waals surface area contributed by atoms with Gasteiger partial charge in [-0.2, -0.15) is 0 Å². The van der Waals surface area contributed by atoms with E-state index in [4.69, 9.17) is 12.8 Å². The summed E-state index contributed by atoms with van der Waals surface area (Å²) in [6.07, 6.45) is 6.93. The fraction of sp³-hybridized carbons (Fsp3) is 0.308. The number of hydrogen-bond acceptors (Lipinski definition) is 2. The molecule has 0 saturated carbocycles. The number of aliphatic imine (C=N–C) groups is 1. The Morgan fingerprint density at radius 1 is 1.25 bits per heavy atom. The van der Waals surface area contributed by atoms with Crippen molar-refractivity contribution in [1.82, 2.24) is 0 Å². The van der Waals surface area contributed by atoms with Crippen molar-refractivity contribution in [2.75, 3.05) is 0 Å². The second-order valence-electron chi connectivity index (χ2n) is 4.21. The van der Waals surface area contributed by atoms with Crippen LogP contribution in [0, 0.1) is 0 Å². The maximum Gasteiger partial charge on any atom is 0.113 e. The molecule has 2 unspecified atom stereocenters. The van der Waals surface area contributed by atoms with E-state index in [2.05, 4.69) is 24.3 Å². The van der Waals surface area contributed by atoms with E-state index >= 15 is 0 Å². The van der Waals surface area contributed by atoms with E-state index in [1.54, 1.807) is 0 Å². The zero-order chi connectivity index (χ0) is 11.0. The summed E-state index contributed by atoms with van der Waals surface area (Å²) in [6.45, 7) is 0. The van der Waals surface area contributed by atoms with Crippen LogP contribution in [-0.2, 0) is 0 Å². The Morgan fingerprint density at radius 3 is 2.81 bits per heavy atom. The number of thioether (sulfide) groups is 1. The Bertz CT molecular complexity index is 450. The molecule has 1 aliphatic carbocycles. The standard InChI is InChI=1S/C13H12BNS/c14-10-7-5-9(6-8-10)13-15-11-3-1-2-4-12(11)16-13/h1,3,5-8,11-12H,2,4H2. The average molecular weight is 225 g/mol. The second-order valence-corrected chi connectivity index (χ2v) is 5.44. The van der Waals surface area contributed by atoms with Crippen LogP contribution in [0.1, 0.15) is 18.4 Å². The summed E-state index contributed by atoms with van der Waals surface area (Å²) in [5.41, 5.74) is 2.01. The van der Waals surface area contributed by atoms with E-state index in [1.807, 2.05) is 23.9 Å². The van der Waals surface area contributed by atoms with E-state index in [0.717, 1.165) is 5.46 Å². The lowest BCUT2D eigenvalue weighted by Crippen LogP contribution is -2.17. The molecule has 0 aromatic heterocycles. The van der Waals surface area contributed by atoms with Gasteiger partial charge in [0.05, 0.1) is 11.1 Å². The first-order valence-electron chi connectivity index (χ1n) is 5.60. The molecule has 1 aromatic rings. The van der Waals surface area contributed by atoms with Crippen LogP contribution in [0.5, 0.6) is 0 Å². The smallest absolute Gasteiger partial charge is 0.113 e. The third kappa shape index (κ3) is 1.84. The summed E-state index contributed by atoms with van der Waals surface area (Å²) in [6, 6.07) is 8.39. The van der Waals surface area contributed by atoms with Crippen LogP contribution < -0.4 is 5.46 Å². The van der Waals surface area contributed by atoms with Crippen LogP contribution in [0.4, 0.5) is 0 Å². The minimum Gasteiger partial charge on any atom is -0.269 e. The molecule has 1 aromatic carbocycles. The molecule has 0 fully saturated rings. The van der Waals surface area contributed by atoms with Gasteiger partial charge in [0, 0.05) is 10.8 Å². The predicted molar refractivity (Wildman–Crippen MR) is 71.9 cm³/mol. The highest BCUT2D eigenvalue weighted by atomic mass is 32.2. The molecule has 3 rings (SSSR count). The van der Waals surface area contributed by atoms with E-state index < -0.39 is 0 Å². The quantitative estimate of drug-likeness (QED) is 0.526. The van der Waals surface area contributed by atoms with Gasteiger partial charge >= 0.3 is 0 Å². The third-order valence-electron chi connectivity index (χ3n) is 3.02. The summed E-state index contributed by atoms with van der Waals surface area (Å²) in [4.78, 5) is 4.76. The normalized spacial score (nSPS) is 27.6. The molecule has 0 amide bonds. The molecular weight excluding hydrogens is 213 g/mol. The van der Waals surface area contributed by atoms with Gasteiger partial charge in [-0.15, -0.1) is 11.8 Å². The first kappa shape index (κ1) is 10.2. The largest absolute Gasteiger partial charge is 0.269 e. The number of fused-ring (bicyclic) bond motifs is 1. The molecule has 0 N–H and O–H groups in total. The number of nitrogens with zero attached hydrogens (tertiary/aromatic N) is 1. The molecule has 2 aliphatic rings. The van der Waals surface area contributed by atoms with E-state index in [0.29, 0.717) is 11.3 Å². The van der Waals surface area contributed by atoms with E-state index in [-0.39, 0.29) is 0 Å². The van der Waals surface area contributed by atoms with Gasteiger partial charge in [-0.3, -0.25) is 4.99 Å². The molecule has 0 bridgehead atoms. The fourth-order valence-corrected chi connectivity index (χ4v) is 3.41. The molecule has 1 aliphatic heterocycles. The number of benzene rings is 1. The van der Waals surface area contributed by atoms with Crippen LogP contribution in [-0.4, -0.2) is 24.2 Å². The summed E-state index contributed by atoms with van der Waals surface area (Å²) in [5.74, 6) is 0. The maximum absolute atomic E-state index is 5.68. The van der Waals surface area contributed by atoms with Crippen molar-refractivity contribution in [3.05, 3.63) is 42.0 Å². The predicted octanol–water partition coefficient (Wildman–Crippen LogP) is 2.06. The molecule has 78 valence electrons. The van der Waals surface area contributed by atoms with Gasteiger partial charge in [0.25, 0.3) is 0 Å². The van der Waals surface area contributed by atoms with Crippen LogP contribution in [0.3, 0.4) is 0 Å². The lowest BCUT2D eigenvalue weighted by molar-refractivity contribution is 0.676. The SMILES string of the molecule is [B]c1ccc(C2=NC3C=CCCC3S2)cc1. The maximum atomic E-state index is 5.68. The van der Waals surface area contributed by atoms with Crippen molar-refractivity contribution in [1.29, 1.82) is 0 Å². The minimum absolute atomic E-state index is 0.395. The van der Waals surface area contributed by atoms with Gasteiger partial charge in [-0.25, -0.2) is 0 Å². The van der Waals surface area contributed by atoms with Gasteiger partial charge < -0.3 is 0 Å². The van der Waals surface area contributed by atoms with Crippen molar-refractivity contribution >= 4 is 30.1 Å². The molecule has 3 heteroatoms. The molecule has 1 nitrogen and oxygen atoms in total. The monoisotopic (exact) mass is 225 g/mol. The van der Waals surface area contributed by atoms with Crippen LogP contribution >= 0.6 is 11.8 Å². The first-order chi connectivity index (χ1) is 7.83. The lowest BCUT2D eigenvalue weighted by Gasteiger charge is -2.16. The first-order valence-corrected chi connectivity index (χ1v) is 6.48. The molecule has 0 spiro atoms. The third-order valence-corrected chi connectivity index (χ3v) is 4.40. The Kier molecular flexibility index (Phi) is 2.64. The Morgan fingerprint density at radius 2 is 2.06 bits per heavy atom. The van der Waals surface area contributed by atoms with Crippen molar-refractivity contribution in [3.8, 4) is 0 Å². The van der Waals surface area contributed by atoms with Crippen molar-refractivity contribution < 1.29 is 0 Å². The van der Waals surface area contributed by atoms with Crippen LogP contribution in [0.2, 0.25) is 0 Å². The minimum atomic E-state index is 0.395. The number of hydrogen-bond donors (Lipinski definition) is 0. The zero-order valence-electron chi connectivity index (χ0n) is 8.97. The van der Waals surface area contributed by atoms with Crippen LogP contribution in [0.25, 0.3) is 0 Å². The Balaban J connectivity index is 1.87. The van der Waals surface area contributed by atoms with Crippen molar-refractivity contribution in [2.45, 2.75) is 24.1 Å². The second kappa shape index (κ2) is 4.13. The van der Waals surface area contributed by atoms with E-state index in [9.17, 15) is 0 Å². The van der Waals surface area contributed by atoms with Crippen molar-refractivity contribution in [2.24, 2.45) is 4.99 Å². The van der Waals surface area contributed by atoms with Crippen molar-refractivity contribution in [3.63, 3.8) is 0 Å². The molecule has 1 heterocycles. The highest BCUT2D eigenvalue weighted by Crippen LogP contribution is 2.36. The lowest BCUT2D eigenvalue weighted by atomic mass is 9.95. The Labute approximate surface area is 101 Å². The number of rotatable bonds is 1. The summed E-state index contributed by atoms with van der Waals surface area (Å²) in [7, 11) is 5.68. The molecule has 2 radical (unpaired) electrons. The van der Waals surface area contributed by atoms with Gasteiger partial charge in [-0.05, 0) is 12.8 Å². The fourth-order valence-electron chi connectivity index (χ4n) is 2.12. The molecule has 16 heavy (non-hydrogen) atoms. The summed E-state index contributed by atoms with van der Waals surface area (Å²) in [5, 5.41) is 1.82. The Hall–Kier alpha value is -0.955. The highest BCUT2D eigenvalue weighted by Gasteiger charge is 2.29. The zero-order valence-corrected chi connectivity index (χ0v) is 9.78. The van der Waals surface area contributed by atoms with Gasteiger partial charge in [0.1, 0.15) is 7.85 Å². The van der Waals surface area contributed by atoms with E-state index in [1.165, 1.54) is 23.4 Å². The molecule has 2 atom stereocenters. The molecule has 0 saturated heterocycles. The van der Waals surface area contributed by atoms with Gasteiger partial charge in [0.15, 0.2) is 0 Å². The van der Waals surface area contributed by atoms with Crippen LogP contribution in [0.15, 0.2) is 41.4 Å². The molecular formula is C13H12BNS. The average Bonchev–Trinajstić information content (AvgIpc) is 2.73. The topological polar surface area (TPSA) is 12.4 Å².